The minimum Gasteiger partial charge on any atom is -0.376 e. The Hall–Kier alpha value is -1.66. The number of aromatic nitrogens is 1. The van der Waals surface area contributed by atoms with Gasteiger partial charge in [0.1, 0.15) is 0 Å². The summed E-state index contributed by atoms with van der Waals surface area (Å²) >= 11 is 1.39. The van der Waals surface area contributed by atoms with Crippen molar-refractivity contribution in [2.24, 2.45) is 0 Å². The highest BCUT2D eigenvalue weighted by Gasteiger charge is 2.38. The molecule has 0 spiro atoms. The number of rotatable bonds is 2. The summed E-state index contributed by atoms with van der Waals surface area (Å²) in [4.78, 5) is 16.6. The quantitative estimate of drug-likeness (QED) is 0.889. The van der Waals surface area contributed by atoms with Crippen LogP contribution in [0.2, 0.25) is 0 Å². The summed E-state index contributed by atoms with van der Waals surface area (Å²) in [5.74, 6) is -0.0845. The average Bonchev–Trinajstić information content (AvgIpc) is 2.91. The first-order valence-corrected chi connectivity index (χ1v) is 7.40. The molecule has 0 saturated carbocycles. The normalized spacial score (nSPS) is 26.0. The third-order valence-corrected chi connectivity index (χ3v) is 4.80. The number of nitrogens with zero attached hydrogens (tertiary/aromatic N) is 1. The molecule has 2 heterocycles. The first-order valence-electron chi connectivity index (χ1n) is 6.58. The summed E-state index contributed by atoms with van der Waals surface area (Å²) in [6, 6.07) is 5.44. The van der Waals surface area contributed by atoms with Gasteiger partial charge in [-0.2, -0.15) is 0 Å². The highest BCUT2D eigenvalue weighted by Crippen LogP contribution is 2.27. The van der Waals surface area contributed by atoms with Gasteiger partial charge in [0.15, 0.2) is 5.13 Å². The van der Waals surface area contributed by atoms with Gasteiger partial charge in [0, 0.05) is 12.2 Å². The number of nitrogens with two attached hydrogens (primary N) is 1. The van der Waals surface area contributed by atoms with Gasteiger partial charge in [-0.05, 0) is 38.5 Å². The van der Waals surface area contributed by atoms with E-state index in [4.69, 9.17) is 10.5 Å². The van der Waals surface area contributed by atoms with Crippen molar-refractivity contribution < 1.29 is 9.53 Å². The second kappa shape index (κ2) is 4.71. The van der Waals surface area contributed by atoms with Crippen molar-refractivity contribution in [1.29, 1.82) is 0 Å². The molecule has 1 aromatic carbocycles. The van der Waals surface area contributed by atoms with Crippen molar-refractivity contribution in [2.75, 3.05) is 12.3 Å². The van der Waals surface area contributed by atoms with E-state index in [-0.39, 0.29) is 17.6 Å². The van der Waals surface area contributed by atoms with Crippen LogP contribution in [0.3, 0.4) is 0 Å². The van der Waals surface area contributed by atoms with E-state index in [1.54, 1.807) is 6.07 Å². The smallest absolute Gasteiger partial charge is 0.251 e. The van der Waals surface area contributed by atoms with Crippen LogP contribution >= 0.6 is 11.3 Å². The number of amides is 1. The maximum atomic E-state index is 12.4. The number of hydrogen-bond donors (Lipinski definition) is 2. The monoisotopic (exact) mass is 291 g/mol. The van der Waals surface area contributed by atoms with Crippen LogP contribution in [0.5, 0.6) is 0 Å². The van der Waals surface area contributed by atoms with Crippen LogP contribution in [0, 0.1) is 0 Å². The second-order valence-electron chi connectivity index (χ2n) is 5.37. The lowest BCUT2D eigenvalue weighted by molar-refractivity contribution is 0.0727. The van der Waals surface area contributed by atoms with Gasteiger partial charge in [-0.15, -0.1) is 0 Å². The van der Waals surface area contributed by atoms with Crippen LogP contribution in [0.25, 0.3) is 10.2 Å². The Bertz CT molecular complexity index is 669. The SMILES string of the molecule is CC1OCCC1(C)NC(=O)c1ccc2nc(N)sc2c1. The van der Waals surface area contributed by atoms with E-state index >= 15 is 0 Å². The Balaban J connectivity index is 1.85. The lowest BCUT2D eigenvalue weighted by Crippen LogP contribution is -2.50. The van der Waals surface area contributed by atoms with Gasteiger partial charge in [0.2, 0.25) is 0 Å². The third kappa shape index (κ3) is 2.25. The van der Waals surface area contributed by atoms with Gasteiger partial charge in [-0.25, -0.2) is 4.98 Å². The van der Waals surface area contributed by atoms with E-state index in [2.05, 4.69) is 10.3 Å². The van der Waals surface area contributed by atoms with E-state index in [0.717, 1.165) is 16.6 Å². The van der Waals surface area contributed by atoms with Gasteiger partial charge in [0.05, 0.1) is 21.9 Å². The van der Waals surface area contributed by atoms with Crippen LogP contribution < -0.4 is 11.1 Å². The van der Waals surface area contributed by atoms with E-state index in [0.29, 0.717) is 17.3 Å². The van der Waals surface area contributed by atoms with Crippen molar-refractivity contribution in [3.05, 3.63) is 23.8 Å². The van der Waals surface area contributed by atoms with Gasteiger partial charge in [0.25, 0.3) is 5.91 Å². The van der Waals surface area contributed by atoms with Gasteiger partial charge in [-0.3, -0.25) is 4.79 Å². The van der Waals surface area contributed by atoms with Crippen LogP contribution in [0.4, 0.5) is 5.13 Å². The maximum Gasteiger partial charge on any atom is 0.251 e. The molecule has 6 heteroatoms. The minimum absolute atomic E-state index is 0.0224. The van der Waals surface area contributed by atoms with E-state index in [1.165, 1.54) is 11.3 Å². The zero-order valence-electron chi connectivity index (χ0n) is 11.5. The highest BCUT2D eigenvalue weighted by molar-refractivity contribution is 7.22. The Kier molecular flexibility index (Phi) is 3.14. The minimum atomic E-state index is -0.307. The third-order valence-electron chi connectivity index (χ3n) is 3.95. The van der Waals surface area contributed by atoms with Crippen molar-refractivity contribution >= 4 is 32.6 Å². The molecule has 0 radical (unpaired) electrons. The largest absolute Gasteiger partial charge is 0.376 e. The lowest BCUT2D eigenvalue weighted by atomic mass is 9.94. The molecule has 5 nitrogen and oxygen atoms in total. The average molecular weight is 291 g/mol. The molecule has 2 aromatic rings. The predicted molar refractivity (Wildman–Crippen MR) is 79.9 cm³/mol. The van der Waals surface area contributed by atoms with Gasteiger partial charge < -0.3 is 15.8 Å². The van der Waals surface area contributed by atoms with E-state index in [1.807, 2.05) is 26.0 Å². The molecule has 3 N–H and O–H groups in total. The molecular weight excluding hydrogens is 274 g/mol. The molecule has 106 valence electrons. The number of nitrogens with one attached hydrogen (secondary N) is 1. The first-order chi connectivity index (χ1) is 9.48. The molecule has 1 aromatic heterocycles. The standard InChI is InChI=1S/C14H17N3O2S/c1-8-14(2,5-6-19-8)17-12(18)9-3-4-10-11(7-9)20-13(15)16-10/h3-4,7-8H,5-6H2,1-2H3,(H2,15,16)(H,17,18). The van der Waals surface area contributed by atoms with Gasteiger partial charge in [-0.1, -0.05) is 11.3 Å². The molecular formula is C14H17N3O2S. The molecule has 3 rings (SSSR count). The topological polar surface area (TPSA) is 77.2 Å². The van der Waals surface area contributed by atoms with E-state index in [9.17, 15) is 4.79 Å². The van der Waals surface area contributed by atoms with Gasteiger partial charge >= 0.3 is 0 Å². The maximum absolute atomic E-state index is 12.4. The number of anilines is 1. The van der Waals surface area contributed by atoms with Crippen molar-refractivity contribution in [3.8, 4) is 0 Å². The van der Waals surface area contributed by atoms with E-state index < -0.39 is 0 Å². The summed E-state index contributed by atoms with van der Waals surface area (Å²) in [6.45, 7) is 4.69. The molecule has 1 amide bonds. The summed E-state index contributed by atoms with van der Waals surface area (Å²) < 4.78 is 6.47. The van der Waals surface area contributed by atoms with Crippen molar-refractivity contribution in [1.82, 2.24) is 10.3 Å². The lowest BCUT2D eigenvalue weighted by Gasteiger charge is -2.28. The summed E-state index contributed by atoms with van der Waals surface area (Å²) in [5, 5.41) is 3.60. The number of benzene rings is 1. The molecule has 0 bridgehead atoms. The Morgan fingerprint density at radius 3 is 3.10 bits per heavy atom. The molecule has 1 fully saturated rings. The number of hydrogen-bond acceptors (Lipinski definition) is 5. The second-order valence-corrected chi connectivity index (χ2v) is 6.43. The zero-order valence-corrected chi connectivity index (χ0v) is 12.3. The molecule has 2 unspecified atom stereocenters. The van der Waals surface area contributed by atoms with Crippen molar-refractivity contribution in [3.63, 3.8) is 0 Å². The molecule has 2 atom stereocenters. The molecule has 1 saturated heterocycles. The first kappa shape index (κ1) is 13.3. The predicted octanol–water partition coefficient (Wildman–Crippen LogP) is 2.18. The summed E-state index contributed by atoms with van der Waals surface area (Å²) in [5.41, 5.74) is 6.82. The fourth-order valence-corrected chi connectivity index (χ4v) is 3.19. The fraction of sp³-hybridized carbons (Fsp3) is 0.429. The molecule has 1 aliphatic heterocycles. The number of carbonyl (C=O) groups is 1. The molecule has 0 aliphatic carbocycles. The molecule has 1 aliphatic rings. The van der Waals surface area contributed by atoms with Crippen molar-refractivity contribution in [2.45, 2.75) is 31.9 Å². The summed E-state index contributed by atoms with van der Waals surface area (Å²) in [6.07, 6.45) is 0.851. The molecule has 20 heavy (non-hydrogen) atoms. The fourth-order valence-electron chi connectivity index (χ4n) is 2.41. The number of fused-ring (bicyclic) bond motifs is 1. The Morgan fingerprint density at radius 1 is 1.60 bits per heavy atom. The van der Waals surface area contributed by atoms with Crippen LogP contribution in [-0.4, -0.2) is 29.1 Å². The number of thiazole rings is 1. The number of nitrogen functional groups attached to an aromatic ring is 1. The van der Waals surface area contributed by atoms with Crippen LogP contribution in [0.1, 0.15) is 30.6 Å². The number of carbonyl (C=O) groups excluding carboxylic acids is 1. The van der Waals surface area contributed by atoms with Crippen LogP contribution in [-0.2, 0) is 4.74 Å². The number of ether oxygens (including phenoxy) is 1. The Labute approximate surface area is 121 Å². The van der Waals surface area contributed by atoms with Crippen LogP contribution in [0.15, 0.2) is 18.2 Å². The zero-order chi connectivity index (χ0) is 14.3. The summed E-state index contributed by atoms with van der Waals surface area (Å²) in [7, 11) is 0. The Morgan fingerprint density at radius 2 is 2.40 bits per heavy atom. The highest BCUT2D eigenvalue weighted by atomic mass is 32.1.